The Bertz CT molecular complexity index is 1180. The number of benzene rings is 2. The van der Waals surface area contributed by atoms with Crippen molar-refractivity contribution in [3.05, 3.63) is 53.0 Å². The Labute approximate surface area is 231 Å². The molecule has 0 aliphatic carbocycles. The van der Waals surface area contributed by atoms with E-state index in [9.17, 15) is 4.79 Å². The summed E-state index contributed by atoms with van der Waals surface area (Å²) in [7, 11) is 0. The highest BCUT2D eigenvalue weighted by atomic mass is 32.2. The summed E-state index contributed by atoms with van der Waals surface area (Å²) < 4.78 is 21.4. The first-order valence-corrected chi connectivity index (χ1v) is 15.8. The zero-order valence-electron chi connectivity index (χ0n) is 20.9. The van der Waals surface area contributed by atoms with E-state index in [2.05, 4.69) is 47.1 Å². The van der Waals surface area contributed by atoms with Crippen LogP contribution >= 0.6 is 34.9 Å². The number of carboxylic acids is 1. The van der Waals surface area contributed by atoms with E-state index in [0.29, 0.717) is 19.6 Å². The number of aliphatic carboxylic acids is 1. The summed E-state index contributed by atoms with van der Waals surface area (Å²) in [5.74, 6) is 4.60. The lowest BCUT2D eigenvalue weighted by Gasteiger charge is -2.13. The summed E-state index contributed by atoms with van der Waals surface area (Å²) in [6.07, 6.45) is 5.95. The third kappa shape index (κ3) is 8.95. The molecular weight excluding hydrogens is 527 g/mol. The van der Waals surface area contributed by atoms with Gasteiger partial charge in [0.1, 0.15) is 4.70 Å². The van der Waals surface area contributed by atoms with Gasteiger partial charge in [-0.25, -0.2) is 0 Å². The van der Waals surface area contributed by atoms with Crippen LogP contribution in [0.2, 0.25) is 0 Å². The Morgan fingerprint density at radius 1 is 0.892 bits per heavy atom. The highest BCUT2D eigenvalue weighted by Crippen LogP contribution is 2.30. The second-order valence-corrected chi connectivity index (χ2v) is 12.0. The van der Waals surface area contributed by atoms with E-state index in [1.165, 1.54) is 10.2 Å². The second-order valence-electron chi connectivity index (χ2n) is 8.48. The maximum absolute atomic E-state index is 10.9. The lowest BCUT2D eigenvalue weighted by atomic mass is 10.2. The first-order chi connectivity index (χ1) is 18.2. The number of ether oxygens (including phenoxy) is 3. The van der Waals surface area contributed by atoms with Crippen molar-refractivity contribution in [3.63, 3.8) is 0 Å². The number of hydrogen-bond acceptors (Lipinski definition) is 7. The molecule has 1 aromatic heterocycles. The Morgan fingerprint density at radius 2 is 1.62 bits per heavy atom. The van der Waals surface area contributed by atoms with E-state index < -0.39 is 5.97 Å². The van der Waals surface area contributed by atoms with Crippen molar-refractivity contribution in [2.45, 2.75) is 25.8 Å². The Morgan fingerprint density at radius 3 is 2.41 bits per heavy atom. The van der Waals surface area contributed by atoms with Gasteiger partial charge in [0, 0.05) is 48.0 Å². The molecule has 0 bridgehead atoms. The van der Waals surface area contributed by atoms with Gasteiger partial charge < -0.3 is 19.3 Å². The van der Waals surface area contributed by atoms with Crippen molar-refractivity contribution >= 4 is 63.2 Å². The number of thioether (sulfide) groups is 2. The van der Waals surface area contributed by atoms with Crippen molar-refractivity contribution < 1.29 is 28.7 Å². The summed E-state index contributed by atoms with van der Waals surface area (Å²) in [6.45, 7) is 3.61. The van der Waals surface area contributed by atoms with E-state index in [-0.39, 0.29) is 6.42 Å². The van der Waals surface area contributed by atoms with Crippen molar-refractivity contribution in [3.8, 4) is 11.5 Å². The van der Waals surface area contributed by atoms with Gasteiger partial charge >= 0.3 is 5.97 Å². The molecule has 9 heteroatoms. The van der Waals surface area contributed by atoms with E-state index in [4.69, 9.17) is 19.3 Å². The monoisotopic (exact) mass is 560 g/mol. The van der Waals surface area contributed by atoms with Gasteiger partial charge in [0.05, 0.1) is 26.4 Å². The molecule has 37 heavy (non-hydrogen) atoms. The molecule has 6 nitrogen and oxygen atoms in total. The van der Waals surface area contributed by atoms with Crippen LogP contribution in [-0.2, 0) is 16.1 Å². The molecule has 2 heterocycles. The number of hydrogen-bond donors (Lipinski definition) is 1. The molecule has 2 aromatic carbocycles. The molecule has 0 saturated carbocycles. The number of thiazole rings is 1. The molecule has 198 valence electrons. The van der Waals surface area contributed by atoms with Gasteiger partial charge in [-0.1, -0.05) is 29.5 Å². The topological polar surface area (TPSA) is 68.9 Å². The molecule has 1 N–H and O–H groups in total. The predicted molar refractivity (Wildman–Crippen MR) is 155 cm³/mol. The Hall–Kier alpha value is -2.20. The maximum Gasteiger partial charge on any atom is 0.303 e. The molecule has 4 rings (SSSR count). The van der Waals surface area contributed by atoms with Crippen molar-refractivity contribution in [1.82, 2.24) is 0 Å². The number of rotatable bonds is 7. The first-order valence-electron chi connectivity index (χ1n) is 12.6. The largest absolute Gasteiger partial charge is 0.489 e. The number of nitrogens with zero attached hydrogens (tertiary/aromatic N) is 1. The third-order valence-electron chi connectivity index (χ3n) is 5.76. The predicted octanol–water partition coefficient (Wildman–Crippen LogP) is 5.87. The second kappa shape index (κ2) is 15.3. The quantitative estimate of drug-likeness (QED) is 0.286. The van der Waals surface area contributed by atoms with Gasteiger partial charge in [-0.2, -0.15) is 28.1 Å². The fourth-order valence-corrected chi connectivity index (χ4v) is 6.32. The molecule has 0 radical (unpaired) electrons. The zero-order chi connectivity index (χ0) is 25.7. The number of carbonyl (C=O) groups is 1. The van der Waals surface area contributed by atoms with E-state index in [0.717, 1.165) is 71.3 Å². The van der Waals surface area contributed by atoms with E-state index >= 15 is 0 Å². The molecule has 0 atom stereocenters. The number of aromatic nitrogens is 1. The fourth-order valence-electron chi connectivity index (χ4n) is 3.94. The minimum absolute atomic E-state index is 0.204. The molecule has 3 aromatic rings. The maximum atomic E-state index is 10.9. The molecule has 0 spiro atoms. The van der Waals surface area contributed by atoms with Gasteiger partial charge in [0.2, 0.25) is 5.52 Å². The van der Waals surface area contributed by atoms with Gasteiger partial charge in [0.15, 0.2) is 18.0 Å². The molecular formula is C28H34NO5S3+. The lowest BCUT2D eigenvalue weighted by molar-refractivity contribution is -0.669. The van der Waals surface area contributed by atoms with Crippen LogP contribution in [0.25, 0.3) is 22.4 Å². The van der Waals surface area contributed by atoms with Crippen LogP contribution < -0.4 is 14.0 Å². The minimum Gasteiger partial charge on any atom is -0.489 e. The normalized spacial score (nSPS) is 15.9. The highest BCUT2D eigenvalue weighted by molar-refractivity contribution is 7.99. The average molecular weight is 561 g/mol. The van der Waals surface area contributed by atoms with Crippen LogP contribution in [0.3, 0.4) is 0 Å². The number of fused-ring (bicyclic) bond motifs is 2. The van der Waals surface area contributed by atoms with E-state index in [1.807, 2.05) is 35.7 Å². The SMILES string of the molecule is O=C(O)CCCC[n+]1c(/C=C\c2ccc3c(c2)OCCSCCOCCSCCO3)sc2ccccc21. The number of unbranched alkanes of at least 4 members (excludes halogenated alkanes) is 1. The van der Waals surface area contributed by atoms with Crippen LogP contribution in [0, 0.1) is 0 Å². The first kappa shape index (κ1) is 27.8. The van der Waals surface area contributed by atoms with Gasteiger partial charge in [-0.05, 0) is 36.3 Å². The Kier molecular flexibility index (Phi) is 11.5. The Balaban J connectivity index is 1.49. The molecule has 0 amide bonds. The molecule has 1 aliphatic heterocycles. The van der Waals surface area contributed by atoms with Gasteiger partial charge in [0.25, 0.3) is 5.01 Å². The van der Waals surface area contributed by atoms with Crippen molar-refractivity contribution in [1.29, 1.82) is 0 Å². The van der Waals surface area contributed by atoms with Crippen LogP contribution in [-0.4, -0.2) is 60.5 Å². The number of para-hydroxylation sites is 1. The summed E-state index contributed by atoms with van der Waals surface area (Å²) in [4.78, 5) is 10.9. The van der Waals surface area contributed by atoms with Crippen LogP contribution in [0.15, 0.2) is 42.5 Å². The standard InChI is InChI=1S/C28H33NO5S3/c30-28(31)7-3-4-12-29-23-5-1-2-6-26(23)37-27(29)11-9-22-8-10-24-25(21-22)34-16-20-36-18-14-32-13-17-35-19-15-33-24/h1-2,5-6,8-11,21H,3-4,7,12-20H2/p+1/b11-9-. The zero-order valence-corrected chi connectivity index (χ0v) is 23.4. The lowest BCUT2D eigenvalue weighted by Crippen LogP contribution is -2.35. The summed E-state index contributed by atoms with van der Waals surface area (Å²) in [6, 6.07) is 14.5. The summed E-state index contributed by atoms with van der Waals surface area (Å²) >= 11 is 5.43. The average Bonchev–Trinajstić information content (AvgIpc) is 3.25. The highest BCUT2D eigenvalue weighted by Gasteiger charge is 2.18. The fraction of sp³-hybridized carbons (Fsp3) is 0.429. The van der Waals surface area contributed by atoms with E-state index in [1.54, 1.807) is 11.3 Å². The van der Waals surface area contributed by atoms with Crippen molar-refractivity contribution in [2.24, 2.45) is 0 Å². The minimum atomic E-state index is -0.740. The summed E-state index contributed by atoms with van der Waals surface area (Å²) in [5, 5.41) is 10.1. The molecule has 0 saturated heterocycles. The van der Waals surface area contributed by atoms with Crippen LogP contribution in [0.4, 0.5) is 0 Å². The number of aryl methyl sites for hydroxylation is 1. The van der Waals surface area contributed by atoms with Crippen molar-refractivity contribution in [2.75, 3.05) is 49.4 Å². The van der Waals surface area contributed by atoms with Crippen LogP contribution in [0.1, 0.15) is 29.8 Å². The smallest absolute Gasteiger partial charge is 0.303 e. The molecule has 0 fully saturated rings. The summed E-state index contributed by atoms with van der Waals surface area (Å²) in [5.41, 5.74) is 2.23. The number of carboxylic acid groups (broad SMARTS) is 1. The van der Waals surface area contributed by atoms with Gasteiger partial charge in [-0.15, -0.1) is 0 Å². The third-order valence-corrected chi connectivity index (χ3v) is 8.71. The molecule has 0 unspecified atom stereocenters. The van der Waals surface area contributed by atoms with Gasteiger partial charge in [-0.3, -0.25) is 4.79 Å². The molecule has 1 aliphatic rings. The van der Waals surface area contributed by atoms with Crippen LogP contribution in [0.5, 0.6) is 11.5 Å².